The monoisotopic (exact) mass is 224 g/mol. The van der Waals surface area contributed by atoms with Crippen molar-refractivity contribution in [3.05, 3.63) is 4.85 Å². The first-order valence-corrected chi connectivity index (χ1v) is 6.53. The Balaban J connectivity index is 1.79. The number of morpholine rings is 1. The van der Waals surface area contributed by atoms with E-state index in [1.165, 1.54) is 49.8 Å². The van der Waals surface area contributed by atoms with Crippen LogP contribution < -0.4 is 0 Å². The average molecular weight is 224 g/mol. The number of hydrogen-bond donors (Lipinski definition) is 0. The summed E-state index contributed by atoms with van der Waals surface area (Å²) in [7, 11) is 2.38. The summed E-state index contributed by atoms with van der Waals surface area (Å²) in [5, 5.41) is 0. The van der Waals surface area contributed by atoms with Gasteiger partial charge in [0.25, 0.3) is 12.6 Å². The van der Waals surface area contributed by atoms with E-state index in [9.17, 15) is 0 Å². The van der Waals surface area contributed by atoms with E-state index in [0.717, 1.165) is 19.1 Å². The number of quaternary nitrogens is 1. The highest BCUT2D eigenvalue weighted by molar-refractivity contribution is 4.87. The second kappa shape index (κ2) is 5.16. The van der Waals surface area contributed by atoms with Gasteiger partial charge in [0.1, 0.15) is 13.1 Å². The third-order valence-electron chi connectivity index (χ3n) is 4.28. The SMILES string of the molecule is C#[N+]C1CCC(C[N+]2(C)CCOCC2)CC1. The zero-order valence-corrected chi connectivity index (χ0v) is 10.4. The molecule has 0 aromatic carbocycles. The van der Waals surface area contributed by atoms with Crippen LogP contribution in [0.1, 0.15) is 25.7 Å². The number of nitrogens with zero attached hydrogens (tertiary/aromatic N) is 2. The Morgan fingerprint density at radius 1 is 1.19 bits per heavy atom. The van der Waals surface area contributed by atoms with Crippen molar-refractivity contribution in [2.45, 2.75) is 31.7 Å². The van der Waals surface area contributed by atoms with Crippen LogP contribution in [0.3, 0.4) is 0 Å². The van der Waals surface area contributed by atoms with Gasteiger partial charge in [-0.25, -0.2) is 0 Å². The van der Waals surface area contributed by atoms with E-state index in [0.29, 0.717) is 6.04 Å². The van der Waals surface area contributed by atoms with Gasteiger partial charge in [0.2, 0.25) is 0 Å². The first-order valence-electron chi connectivity index (χ1n) is 6.53. The molecule has 0 unspecified atom stereocenters. The molecule has 1 aliphatic heterocycles. The highest BCUT2D eigenvalue weighted by Crippen LogP contribution is 2.28. The largest absolute Gasteiger partial charge is 0.370 e. The molecular weight excluding hydrogens is 200 g/mol. The maximum atomic E-state index is 5.44. The number of rotatable bonds is 2. The molecule has 0 amide bonds. The van der Waals surface area contributed by atoms with Gasteiger partial charge in [0.15, 0.2) is 0 Å². The van der Waals surface area contributed by atoms with E-state index in [2.05, 4.69) is 11.9 Å². The van der Waals surface area contributed by atoms with E-state index >= 15 is 0 Å². The normalized spacial score (nSPS) is 34.2. The summed E-state index contributed by atoms with van der Waals surface area (Å²) in [6.07, 6.45) is 5.00. The Bertz CT molecular complexity index is 258. The molecule has 0 N–H and O–H groups in total. The van der Waals surface area contributed by atoms with E-state index in [4.69, 9.17) is 11.3 Å². The Kier molecular flexibility index (Phi) is 3.83. The first kappa shape index (κ1) is 11.9. The predicted molar refractivity (Wildman–Crippen MR) is 65.7 cm³/mol. The van der Waals surface area contributed by atoms with Crippen molar-refractivity contribution in [2.24, 2.45) is 5.92 Å². The second-order valence-electron chi connectivity index (χ2n) is 5.69. The van der Waals surface area contributed by atoms with Gasteiger partial charge in [-0.05, 0) is 12.8 Å². The summed E-state index contributed by atoms with van der Waals surface area (Å²) in [5.41, 5.74) is 0. The molecule has 0 aromatic heterocycles. The molecule has 2 rings (SSSR count). The fourth-order valence-corrected chi connectivity index (χ4v) is 3.07. The van der Waals surface area contributed by atoms with Crippen LogP contribution in [0.2, 0.25) is 0 Å². The lowest BCUT2D eigenvalue weighted by Crippen LogP contribution is -2.54. The third kappa shape index (κ3) is 2.96. The van der Waals surface area contributed by atoms with Crippen LogP contribution in [-0.4, -0.2) is 50.4 Å². The zero-order chi connectivity index (χ0) is 11.4. The van der Waals surface area contributed by atoms with Crippen molar-refractivity contribution in [3.63, 3.8) is 0 Å². The van der Waals surface area contributed by atoms with Crippen LogP contribution in [0.5, 0.6) is 0 Å². The standard InChI is InChI=1S/C13H24N2O/c1-14-13-5-3-12(4-6-13)11-15(2)7-9-16-10-8-15/h1,12-13H,3-11H2,2H3/q+2. The van der Waals surface area contributed by atoms with Gasteiger partial charge in [-0.1, -0.05) is 4.85 Å². The van der Waals surface area contributed by atoms with Gasteiger partial charge in [0.05, 0.1) is 26.8 Å². The van der Waals surface area contributed by atoms with E-state index < -0.39 is 0 Å². The molecule has 0 radical (unpaired) electrons. The smallest absolute Gasteiger partial charge is 0.272 e. The molecular formula is C13H24N2O+2. The second-order valence-corrected chi connectivity index (χ2v) is 5.69. The molecule has 2 aliphatic rings. The minimum atomic E-state index is 0.436. The summed E-state index contributed by atoms with van der Waals surface area (Å²) in [6, 6.07) is 0.436. The molecule has 3 nitrogen and oxygen atoms in total. The molecule has 16 heavy (non-hydrogen) atoms. The number of ether oxygens (including phenoxy) is 1. The van der Waals surface area contributed by atoms with E-state index in [1.54, 1.807) is 0 Å². The minimum absolute atomic E-state index is 0.436. The van der Waals surface area contributed by atoms with Crippen molar-refractivity contribution in [3.8, 4) is 6.57 Å². The van der Waals surface area contributed by atoms with Crippen molar-refractivity contribution in [1.29, 1.82) is 0 Å². The first-order chi connectivity index (χ1) is 7.72. The van der Waals surface area contributed by atoms with Crippen molar-refractivity contribution >= 4 is 0 Å². The van der Waals surface area contributed by atoms with Gasteiger partial charge < -0.3 is 9.22 Å². The zero-order valence-electron chi connectivity index (χ0n) is 10.4. The van der Waals surface area contributed by atoms with Gasteiger partial charge >= 0.3 is 0 Å². The third-order valence-corrected chi connectivity index (χ3v) is 4.28. The number of likely N-dealkylation sites (N-methyl/N-ethyl adjacent to an activating group) is 1. The molecule has 1 aliphatic carbocycles. The molecule has 3 heteroatoms. The fourth-order valence-electron chi connectivity index (χ4n) is 3.07. The maximum absolute atomic E-state index is 5.44. The molecule has 1 heterocycles. The molecule has 2 fully saturated rings. The summed E-state index contributed by atoms with van der Waals surface area (Å²) in [6.45, 7) is 10.9. The molecule has 1 saturated carbocycles. The minimum Gasteiger partial charge on any atom is -0.370 e. The molecule has 90 valence electrons. The highest BCUT2D eigenvalue weighted by atomic mass is 16.5. The summed E-state index contributed by atoms with van der Waals surface area (Å²) in [5.74, 6) is 0.876. The van der Waals surface area contributed by atoms with Crippen molar-refractivity contribution in [2.75, 3.05) is 39.9 Å². The van der Waals surface area contributed by atoms with Crippen molar-refractivity contribution < 1.29 is 9.22 Å². The van der Waals surface area contributed by atoms with Crippen LogP contribution >= 0.6 is 0 Å². The molecule has 0 aromatic rings. The Labute approximate surface area is 98.8 Å². The molecule has 1 saturated heterocycles. The number of hydrogen-bond acceptors (Lipinski definition) is 1. The summed E-state index contributed by atoms with van der Waals surface area (Å²) in [4.78, 5) is 3.92. The molecule has 0 atom stereocenters. The quantitative estimate of drug-likeness (QED) is 0.654. The van der Waals surface area contributed by atoms with Crippen LogP contribution in [0.4, 0.5) is 0 Å². The topological polar surface area (TPSA) is 13.6 Å². The molecule has 0 bridgehead atoms. The Hall–Kier alpha value is -0.590. The predicted octanol–water partition coefficient (Wildman–Crippen LogP) is 1.98. The Morgan fingerprint density at radius 2 is 1.81 bits per heavy atom. The van der Waals surface area contributed by atoms with Crippen molar-refractivity contribution in [1.82, 2.24) is 0 Å². The van der Waals surface area contributed by atoms with E-state index in [1.807, 2.05) is 0 Å². The van der Waals surface area contributed by atoms with Gasteiger partial charge in [-0.15, -0.1) is 0 Å². The lowest BCUT2D eigenvalue weighted by atomic mass is 9.85. The van der Waals surface area contributed by atoms with Crippen LogP contribution in [-0.2, 0) is 4.74 Å². The van der Waals surface area contributed by atoms with Gasteiger partial charge in [-0.3, -0.25) is 0 Å². The van der Waals surface area contributed by atoms with Crippen LogP contribution in [0.25, 0.3) is 4.85 Å². The molecule has 0 spiro atoms. The maximum Gasteiger partial charge on any atom is 0.272 e. The fraction of sp³-hybridized carbons (Fsp3) is 0.923. The average Bonchev–Trinajstić information content (AvgIpc) is 2.30. The lowest BCUT2D eigenvalue weighted by molar-refractivity contribution is -0.920. The van der Waals surface area contributed by atoms with Crippen LogP contribution in [0, 0.1) is 12.5 Å². The summed E-state index contributed by atoms with van der Waals surface area (Å²) >= 11 is 0. The van der Waals surface area contributed by atoms with E-state index in [-0.39, 0.29) is 0 Å². The van der Waals surface area contributed by atoms with Gasteiger partial charge in [0, 0.05) is 18.8 Å². The summed E-state index contributed by atoms with van der Waals surface area (Å²) < 4.78 is 6.64. The van der Waals surface area contributed by atoms with Gasteiger partial charge in [-0.2, -0.15) is 0 Å². The lowest BCUT2D eigenvalue weighted by Gasteiger charge is -2.40. The van der Waals surface area contributed by atoms with Crippen LogP contribution in [0.15, 0.2) is 0 Å². The Morgan fingerprint density at radius 3 is 2.38 bits per heavy atom. The highest BCUT2D eigenvalue weighted by Gasteiger charge is 2.33.